The first-order valence-corrected chi connectivity index (χ1v) is 11.5. The second kappa shape index (κ2) is 9.49. The first-order valence-electron chi connectivity index (χ1n) is 11.1. The molecule has 2 heterocycles. The molecule has 0 aliphatic carbocycles. The van der Waals surface area contributed by atoms with Crippen molar-refractivity contribution in [3.8, 4) is 28.8 Å². The van der Waals surface area contributed by atoms with Crippen molar-refractivity contribution in [1.82, 2.24) is 9.72 Å². The van der Waals surface area contributed by atoms with Crippen LogP contribution in [0.1, 0.15) is 12.6 Å². The molecule has 0 saturated carbocycles. The maximum Gasteiger partial charge on any atom is 0.573 e. The van der Waals surface area contributed by atoms with E-state index in [1.54, 1.807) is 47.9 Å². The first-order chi connectivity index (χ1) is 18.0. The Morgan fingerprint density at radius 3 is 2.55 bits per heavy atom. The minimum Gasteiger partial charge on any atom is -0.479 e. The van der Waals surface area contributed by atoms with E-state index < -0.39 is 24.2 Å². The number of carbonyl (C=O) groups is 1. The van der Waals surface area contributed by atoms with Gasteiger partial charge in [-0.05, 0) is 56.3 Å². The van der Waals surface area contributed by atoms with Gasteiger partial charge in [0.1, 0.15) is 17.2 Å². The lowest BCUT2D eigenvalue weighted by Crippen LogP contribution is -2.22. The van der Waals surface area contributed by atoms with Crippen LogP contribution in [0.5, 0.6) is 23.0 Å². The molecule has 2 aromatic heterocycles. The van der Waals surface area contributed by atoms with Crippen molar-refractivity contribution < 1.29 is 41.8 Å². The van der Waals surface area contributed by atoms with Crippen LogP contribution in [-0.4, -0.2) is 33.3 Å². The summed E-state index contributed by atoms with van der Waals surface area (Å²) in [5.41, 5.74) is 1.40. The van der Waals surface area contributed by atoms with Gasteiger partial charge in [0.25, 0.3) is 0 Å². The predicted octanol–water partition coefficient (Wildman–Crippen LogP) is 7.28. The summed E-state index contributed by atoms with van der Waals surface area (Å²) in [6.07, 6.45) is -6.00. The molecule has 5 rings (SSSR count). The zero-order chi connectivity index (χ0) is 27.2. The van der Waals surface area contributed by atoms with Crippen molar-refractivity contribution in [2.75, 3.05) is 0 Å². The zero-order valence-corrected chi connectivity index (χ0v) is 20.5. The highest BCUT2D eigenvalue weighted by molar-refractivity contribution is 6.31. The first kappa shape index (κ1) is 25.3. The molecule has 0 radical (unpaired) electrons. The fraction of sp³-hybridized carbons (Fsp3) is 0.154. The fourth-order valence-corrected chi connectivity index (χ4v) is 4.17. The molecule has 0 fully saturated rings. The summed E-state index contributed by atoms with van der Waals surface area (Å²) in [4.78, 5) is 11.2. The summed E-state index contributed by atoms with van der Waals surface area (Å²) < 4.78 is 61.7. The predicted molar refractivity (Wildman–Crippen MR) is 132 cm³/mol. The van der Waals surface area contributed by atoms with Crippen LogP contribution in [0.3, 0.4) is 0 Å². The van der Waals surface area contributed by atoms with Crippen LogP contribution in [0.2, 0.25) is 5.02 Å². The standard InChI is InChI=1S/C26H18ClF3N2O6/c1-13-23(36-17-5-3-4-16(11-17)35-14(2)25(33)34)20-12-18(37-26(28,29)30)7-9-21(20)32(13)24-19-8-6-15(27)10-22(19)38-31-24/h3-12,14H,1-2H3,(H,33,34)/t14-/m0/s1. The topological polar surface area (TPSA) is 96.0 Å². The van der Waals surface area contributed by atoms with Crippen LogP contribution in [0, 0.1) is 6.92 Å². The van der Waals surface area contributed by atoms with Crippen molar-refractivity contribution in [3.63, 3.8) is 0 Å². The molecule has 0 aliphatic rings. The van der Waals surface area contributed by atoms with Gasteiger partial charge >= 0.3 is 12.3 Å². The molecule has 3 aromatic carbocycles. The monoisotopic (exact) mass is 546 g/mol. The molecule has 196 valence electrons. The highest BCUT2D eigenvalue weighted by Gasteiger charge is 2.32. The largest absolute Gasteiger partial charge is 0.573 e. The van der Waals surface area contributed by atoms with Crippen molar-refractivity contribution in [3.05, 3.63) is 71.4 Å². The van der Waals surface area contributed by atoms with E-state index in [0.29, 0.717) is 38.4 Å². The lowest BCUT2D eigenvalue weighted by atomic mass is 10.2. The molecule has 0 saturated heterocycles. The molecule has 0 spiro atoms. The van der Waals surface area contributed by atoms with Gasteiger partial charge in [0, 0.05) is 22.5 Å². The van der Waals surface area contributed by atoms with Gasteiger partial charge in [-0.2, -0.15) is 0 Å². The Balaban J connectivity index is 1.65. The van der Waals surface area contributed by atoms with E-state index in [1.165, 1.54) is 31.2 Å². The number of rotatable bonds is 7. The Morgan fingerprint density at radius 2 is 1.82 bits per heavy atom. The van der Waals surface area contributed by atoms with Crippen LogP contribution in [0.4, 0.5) is 13.2 Å². The molecular weight excluding hydrogens is 529 g/mol. The van der Waals surface area contributed by atoms with E-state index in [-0.39, 0.29) is 17.2 Å². The maximum atomic E-state index is 13.0. The summed E-state index contributed by atoms with van der Waals surface area (Å²) in [6, 6.07) is 15.1. The van der Waals surface area contributed by atoms with E-state index >= 15 is 0 Å². The fourth-order valence-electron chi connectivity index (χ4n) is 4.01. The average molecular weight is 547 g/mol. The number of alkyl halides is 3. The van der Waals surface area contributed by atoms with Gasteiger partial charge in [0.2, 0.25) is 0 Å². The SMILES string of the molecule is Cc1c(Oc2cccc(O[C@@H](C)C(=O)O)c2)c2cc(OC(F)(F)F)ccc2n1-c1noc2cc(Cl)ccc12. The highest BCUT2D eigenvalue weighted by atomic mass is 35.5. The lowest BCUT2D eigenvalue weighted by molar-refractivity contribution is -0.274. The second-order valence-electron chi connectivity index (χ2n) is 8.30. The van der Waals surface area contributed by atoms with E-state index in [0.717, 1.165) is 0 Å². The van der Waals surface area contributed by atoms with E-state index in [2.05, 4.69) is 9.89 Å². The molecule has 0 unspecified atom stereocenters. The van der Waals surface area contributed by atoms with E-state index in [9.17, 15) is 18.0 Å². The summed E-state index contributed by atoms with van der Waals surface area (Å²) in [5.74, 6) is -0.475. The number of carboxylic acid groups (broad SMARTS) is 1. The summed E-state index contributed by atoms with van der Waals surface area (Å²) >= 11 is 6.06. The summed E-state index contributed by atoms with van der Waals surface area (Å²) in [5, 5.41) is 14.7. The molecule has 12 heteroatoms. The van der Waals surface area contributed by atoms with Crippen molar-refractivity contribution in [1.29, 1.82) is 0 Å². The van der Waals surface area contributed by atoms with Gasteiger partial charge in [-0.1, -0.05) is 22.8 Å². The van der Waals surface area contributed by atoms with Crippen LogP contribution in [0.25, 0.3) is 27.7 Å². The number of hydrogen-bond acceptors (Lipinski definition) is 6. The Hall–Kier alpha value is -4.38. The number of hydrogen-bond donors (Lipinski definition) is 1. The summed E-state index contributed by atoms with van der Waals surface area (Å²) in [7, 11) is 0. The van der Waals surface area contributed by atoms with Gasteiger partial charge in [0.05, 0.1) is 16.6 Å². The Morgan fingerprint density at radius 1 is 1.05 bits per heavy atom. The number of nitrogens with zero attached hydrogens (tertiary/aromatic N) is 2. The number of aromatic nitrogens is 2. The van der Waals surface area contributed by atoms with Gasteiger partial charge in [-0.3, -0.25) is 4.57 Å². The molecule has 0 aliphatic heterocycles. The van der Waals surface area contributed by atoms with Crippen LogP contribution in [0.15, 0.2) is 65.2 Å². The molecule has 1 atom stereocenters. The number of fused-ring (bicyclic) bond motifs is 2. The zero-order valence-electron chi connectivity index (χ0n) is 19.7. The Bertz CT molecular complexity index is 1680. The van der Waals surface area contributed by atoms with Crippen molar-refractivity contribution >= 4 is 39.4 Å². The highest BCUT2D eigenvalue weighted by Crippen LogP contribution is 2.42. The molecule has 1 N–H and O–H groups in total. The Labute approximate surface area is 217 Å². The van der Waals surface area contributed by atoms with Gasteiger partial charge < -0.3 is 23.8 Å². The molecule has 0 amide bonds. The Kier molecular flexibility index (Phi) is 6.31. The lowest BCUT2D eigenvalue weighted by Gasteiger charge is -2.12. The minimum atomic E-state index is -4.89. The molecule has 0 bridgehead atoms. The normalized spacial score (nSPS) is 12.6. The number of aliphatic carboxylic acids is 1. The third-order valence-corrected chi connectivity index (χ3v) is 5.90. The number of benzene rings is 3. The van der Waals surface area contributed by atoms with E-state index in [4.69, 9.17) is 30.7 Å². The maximum absolute atomic E-state index is 13.0. The number of halogens is 4. The van der Waals surface area contributed by atoms with E-state index in [1.807, 2.05) is 0 Å². The molecule has 5 aromatic rings. The number of ether oxygens (including phenoxy) is 3. The average Bonchev–Trinajstić information content (AvgIpc) is 3.36. The van der Waals surface area contributed by atoms with Crippen molar-refractivity contribution in [2.45, 2.75) is 26.3 Å². The van der Waals surface area contributed by atoms with Crippen molar-refractivity contribution in [2.24, 2.45) is 0 Å². The molecule has 38 heavy (non-hydrogen) atoms. The third kappa shape index (κ3) is 4.92. The minimum absolute atomic E-state index is 0.223. The smallest absolute Gasteiger partial charge is 0.479 e. The molecule has 8 nitrogen and oxygen atoms in total. The van der Waals surface area contributed by atoms with Gasteiger partial charge in [0.15, 0.2) is 23.3 Å². The molecular formula is C26H18ClF3N2O6. The number of carboxylic acids is 1. The third-order valence-electron chi connectivity index (χ3n) is 5.66. The van der Waals surface area contributed by atoms with Crippen LogP contribution in [-0.2, 0) is 4.79 Å². The van der Waals surface area contributed by atoms with Gasteiger partial charge in [-0.25, -0.2) is 4.79 Å². The van der Waals surface area contributed by atoms with Gasteiger partial charge in [-0.15, -0.1) is 13.2 Å². The quantitative estimate of drug-likeness (QED) is 0.229. The summed E-state index contributed by atoms with van der Waals surface area (Å²) in [6.45, 7) is 3.09. The second-order valence-corrected chi connectivity index (χ2v) is 8.74. The van der Waals surface area contributed by atoms with Crippen LogP contribution >= 0.6 is 11.6 Å². The van der Waals surface area contributed by atoms with Crippen LogP contribution < -0.4 is 14.2 Å².